The first-order valence-corrected chi connectivity index (χ1v) is 4.83. The van der Waals surface area contributed by atoms with Gasteiger partial charge in [-0.15, -0.1) is 0 Å². The van der Waals surface area contributed by atoms with E-state index in [1.807, 2.05) is 0 Å². The Balaban J connectivity index is 2.11. The Morgan fingerprint density at radius 1 is 1.39 bits per heavy atom. The van der Waals surface area contributed by atoms with E-state index in [-0.39, 0.29) is 18.3 Å². The molecule has 0 unspecified atom stereocenters. The molecule has 0 aromatic carbocycles. The van der Waals surface area contributed by atoms with Gasteiger partial charge in [0.05, 0.1) is 12.7 Å². The standard InChI is InChI=1S/C9H8N6O3/c10-6(16)4-13-8(17)9-14-7(15-18-9)5-3-11-1-2-12-5/h1-3H,4H2,(H2,10,16)(H,13,17). The first-order chi connectivity index (χ1) is 8.66. The number of nitrogens with zero attached hydrogens (tertiary/aromatic N) is 4. The molecule has 0 aliphatic heterocycles. The molecule has 2 rings (SSSR count). The number of amides is 2. The fraction of sp³-hybridized carbons (Fsp3) is 0.111. The van der Waals surface area contributed by atoms with Crippen molar-refractivity contribution >= 4 is 11.8 Å². The number of nitrogens with one attached hydrogen (secondary N) is 1. The zero-order valence-corrected chi connectivity index (χ0v) is 9.03. The highest BCUT2D eigenvalue weighted by molar-refractivity contribution is 5.92. The van der Waals surface area contributed by atoms with Crippen molar-refractivity contribution in [1.29, 1.82) is 0 Å². The third-order valence-corrected chi connectivity index (χ3v) is 1.84. The lowest BCUT2D eigenvalue weighted by molar-refractivity contribution is -0.117. The van der Waals surface area contributed by atoms with Gasteiger partial charge in [-0.25, -0.2) is 4.98 Å². The van der Waals surface area contributed by atoms with E-state index in [1.54, 1.807) is 0 Å². The molecule has 2 amide bonds. The summed E-state index contributed by atoms with van der Waals surface area (Å²) in [5.41, 5.74) is 5.25. The molecule has 3 N–H and O–H groups in total. The lowest BCUT2D eigenvalue weighted by Gasteiger charge is -1.96. The van der Waals surface area contributed by atoms with Crippen LogP contribution in [0.5, 0.6) is 0 Å². The van der Waals surface area contributed by atoms with Crippen molar-refractivity contribution in [2.45, 2.75) is 0 Å². The maximum atomic E-state index is 11.4. The van der Waals surface area contributed by atoms with Crippen LogP contribution >= 0.6 is 0 Å². The molecule has 0 aliphatic carbocycles. The van der Waals surface area contributed by atoms with Gasteiger partial charge in [0, 0.05) is 12.4 Å². The Labute approximate surface area is 100 Å². The minimum Gasteiger partial charge on any atom is -0.368 e. The predicted molar refractivity (Wildman–Crippen MR) is 56.9 cm³/mol. The Hall–Kier alpha value is -2.84. The summed E-state index contributed by atoms with van der Waals surface area (Å²) in [6.07, 6.45) is 4.37. The van der Waals surface area contributed by atoms with Crippen molar-refractivity contribution in [3.63, 3.8) is 0 Å². The molecule has 9 nitrogen and oxygen atoms in total. The van der Waals surface area contributed by atoms with E-state index in [2.05, 4.69) is 25.4 Å². The number of hydrogen-bond donors (Lipinski definition) is 2. The van der Waals surface area contributed by atoms with Gasteiger partial charge in [0.25, 0.3) is 0 Å². The van der Waals surface area contributed by atoms with Crippen molar-refractivity contribution in [2.24, 2.45) is 5.73 Å². The molecule has 0 bridgehead atoms. The summed E-state index contributed by atoms with van der Waals surface area (Å²) < 4.78 is 4.72. The number of nitrogens with two attached hydrogens (primary N) is 1. The number of primary amides is 1. The highest BCUT2D eigenvalue weighted by atomic mass is 16.5. The number of rotatable bonds is 4. The van der Waals surface area contributed by atoms with Crippen molar-refractivity contribution < 1.29 is 14.1 Å². The first-order valence-electron chi connectivity index (χ1n) is 4.83. The summed E-state index contributed by atoms with van der Waals surface area (Å²) in [5, 5.41) is 5.79. The van der Waals surface area contributed by atoms with Crippen LogP contribution in [0.2, 0.25) is 0 Å². The van der Waals surface area contributed by atoms with Crippen molar-refractivity contribution in [3.8, 4) is 11.5 Å². The second-order valence-electron chi connectivity index (χ2n) is 3.16. The smallest absolute Gasteiger partial charge is 0.316 e. The Morgan fingerprint density at radius 3 is 2.89 bits per heavy atom. The van der Waals surface area contributed by atoms with Gasteiger partial charge < -0.3 is 15.6 Å². The van der Waals surface area contributed by atoms with Gasteiger partial charge in [0.2, 0.25) is 11.7 Å². The number of aromatic nitrogens is 4. The maximum Gasteiger partial charge on any atom is 0.316 e. The van der Waals surface area contributed by atoms with E-state index in [0.717, 1.165) is 0 Å². The number of carbonyl (C=O) groups is 2. The molecule has 9 heteroatoms. The van der Waals surface area contributed by atoms with Gasteiger partial charge in [-0.3, -0.25) is 14.6 Å². The highest BCUT2D eigenvalue weighted by Crippen LogP contribution is 2.10. The topological polar surface area (TPSA) is 137 Å². The highest BCUT2D eigenvalue weighted by Gasteiger charge is 2.16. The SMILES string of the molecule is NC(=O)CNC(=O)c1nc(-c2cnccn2)no1. The summed E-state index contributed by atoms with van der Waals surface area (Å²) in [7, 11) is 0. The molecular weight excluding hydrogens is 240 g/mol. The van der Waals surface area contributed by atoms with Crippen LogP contribution in [0.4, 0.5) is 0 Å². The van der Waals surface area contributed by atoms with Crippen LogP contribution in [0.25, 0.3) is 11.5 Å². The van der Waals surface area contributed by atoms with Crippen LogP contribution in [0, 0.1) is 0 Å². The molecule has 92 valence electrons. The monoisotopic (exact) mass is 248 g/mol. The molecule has 2 heterocycles. The molecule has 0 radical (unpaired) electrons. The zero-order chi connectivity index (χ0) is 13.0. The molecule has 0 aliphatic rings. The quantitative estimate of drug-likeness (QED) is 0.688. The van der Waals surface area contributed by atoms with Crippen molar-refractivity contribution in [1.82, 2.24) is 25.4 Å². The summed E-state index contributed by atoms with van der Waals surface area (Å²) in [6.45, 7) is -0.304. The minimum atomic E-state index is -0.684. The fourth-order valence-corrected chi connectivity index (χ4v) is 1.08. The van der Waals surface area contributed by atoms with E-state index in [9.17, 15) is 9.59 Å². The average molecular weight is 248 g/mol. The van der Waals surface area contributed by atoms with Crippen molar-refractivity contribution in [3.05, 3.63) is 24.5 Å². The largest absolute Gasteiger partial charge is 0.368 e. The number of hydrogen-bond acceptors (Lipinski definition) is 7. The van der Waals surface area contributed by atoms with E-state index in [0.29, 0.717) is 5.69 Å². The van der Waals surface area contributed by atoms with E-state index in [4.69, 9.17) is 10.3 Å². The molecule has 18 heavy (non-hydrogen) atoms. The summed E-state index contributed by atoms with van der Waals surface area (Å²) in [5.74, 6) is -1.50. The van der Waals surface area contributed by atoms with Crippen LogP contribution in [0.1, 0.15) is 10.7 Å². The third-order valence-electron chi connectivity index (χ3n) is 1.84. The second-order valence-corrected chi connectivity index (χ2v) is 3.16. The van der Waals surface area contributed by atoms with Crippen LogP contribution < -0.4 is 11.1 Å². The van der Waals surface area contributed by atoms with Gasteiger partial charge in [-0.05, 0) is 0 Å². The molecule has 0 saturated carbocycles. The summed E-state index contributed by atoms with van der Waals surface area (Å²) >= 11 is 0. The molecule has 2 aromatic heterocycles. The fourth-order valence-electron chi connectivity index (χ4n) is 1.08. The molecule has 0 atom stereocenters. The second kappa shape index (κ2) is 4.99. The summed E-state index contributed by atoms with van der Waals surface area (Å²) in [6, 6.07) is 0. The first kappa shape index (κ1) is 11.6. The van der Waals surface area contributed by atoms with Gasteiger partial charge in [-0.1, -0.05) is 5.16 Å². The Kier molecular flexibility index (Phi) is 3.23. The van der Waals surface area contributed by atoms with Gasteiger partial charge in [-0.2, -0.15) is 4.98 Å². The van der Waals surface area contributed by atoms with E-state index < -0.39 is 11.8 Å². The maximum absolute atomic E-state index is 11.4. The minimum absolute atomic E-state index is 0.132. The lowest BCUT2D eigenvalue weighted by atomic mass is 10.4. The van der Waals surface area contributed by atoms with Crippen LogP contribution in [-0.4, -0.2) is 38.5 Å². The lowest BCUT2D eigenvalue weighted by Crippen LogP contribution is -2.33. The van der Waals surface area contributed by atoms with Crippen LogP contribution in [0.3, 0.4) is 0 Å². The Bertz CT molecular complexity index is 567. The normalized spacial score (nSPS) is 10.0. The van der Waals surface area contributed by atoms with E-state index >= 15 is 0 Å². The van der Waals surface area contributed by atoms with Crippen LogP contribution in [0.15, 0.2) is 23.1 Å². The Morgan fingerprint density at radius 2 is 2.22 bits per heavy atom. The van der Waals surface area contributed by atoms with Gasteiger partial charge >= 0.3 is 11.8 Å². The zero-order valence-electron chi connectivity index (χ0n) is 9.03. The molecule has 0 fully saturated rings. The van der Waals surface area contributed by atoms with E-state index in [1.165, 1.54) is 18.6 Å². The number of carbonyl (C=O) groups excluding carboxylic acids is 2. The predicted octanol–water partition coefficient (Wildman–Crippen LogP) is -1.26. The molecule has 0 spiro atoms. The van der Waals surface area contributed by atoms with Crippen LogP contribution in [-0.2, 0) is 4.79 Å². The molecule has 0 saturated heterocycles. The third kappa shape index (κ3) is 2.64. The molecule has 2 aromatic rings. The average Bonchev–Trinajstić information content (AvgIpc) is 2.86. The van der Waals surface area contributed by atoms with Gasteiger partial charge in [0.1, 0.15) is 5.69 Å². The summed E-state index contributed by atoms with van der Waals surface area (Å²) in [4.78, 5) is 33.5. The van der Waals surface area contributed by atoms with Gasteiger partial charge in [0.15, 0.2) is 0 Å². The van der Waals surface area contributed by atoms with Crippen molar-refractivity contribution in [2.75, 3.05) is 6.54 Å². The molecular formula is C9H8N6O3.